The minimum absolute atomic E-state index is 0.0700. The van der Waals surface area contributed by atoms with Gasteiger partial charge in [0.25, 0.3) is 11.7 Å². The summed E-state index contributed by atoms with van der Waals surface area (Å²) in [5, 5.41) is 6.94. The Hall–Kier alpha value is -3.50. The summed E-state index contributed by atoms with van der Waals surface area (Å²) >= 11 is 6.09. The molecule has 1 N–H and O–H groups in total. The van der Waals surface area contributed by atoms with Crippen molar-refractivity contribution < 1.29 is 18.1 Å². The Bertz CT molecular complexity index is 1180. The third kappa shape index (κ3) is 5.77. The normalized spacial score (nSPS) is 11.3. The summed E-state index contributed by atoms with van der Waals surface area (Å²) in [5.74, 6) is 0.0248. The van der Waals surface area contributed by atoms with Crippen molar-refractivity contribution in [1.29, 1.82) is 0 Å². The van der Waals surface area contributed by atoms with E-state index in [9.17, 15) is 13.6 Å². The van der Waals surface area contributed by atoms with Gasteiger partial charge in [-0.25, -0.2) is 8.78 Å². The van der Waals surface area contributed by atoms with Crippen LogP contribution in [0.5, 0.6) is 0 Å². The highest BCUT2D eigenvalue weighted by molar-refractivity contribution is 6.30. The van der Waals surface area contributed by atoms with E-state index in [1.54, 1.807) is 12.1 Å². The first-order valence-electron chi connectivity index (χ1n) is 9.33. The van der Waals surface area contributed by atoms with Crippen LogP contribution in [0.4, 0.5) is 8.78 Å². The molecule has 0 saturated heterocycles. The van der Waals surface area contributed by atoms with E-state index >= 15 is 0 Å². The minimum Gasteiger partial charge on any atom is -0.349 e. The van der Waals surface area contributed by atoms with Crippen molar-refractivity contribution in [2.75, 3.05) is 6.54 Å². The van der Waals surface area contributed by atoms with Crippen molar-refractivity contribution >= 4 is 23.1 Å². The van der Waals surface area contributed by atoms with E-state index in [0.29, 0.717) is 17.0 Å². The van der Waals surface area contributed by atoms with Crippen LogP contribution < -0.4 is 5.32 Å². The van der Waals surface area contributed by atoms with Gasteiger partial charge in [0.15, 0.2) is 11.6 Å². The fourth-order valence-electron chi connectivity index (χ4n) is 2.96. The van der Waals surface area contributed by atoms with Crippen molar-refractivity contribution in [2.45, 2.75) is 19.8 Å². The second-order valence-corrected chi connectivity index (χ2v) is 7.17. The quantitative estimate of drug-likeness (QED) is 0.538. The summed E-state index contributed by atoms with van der Waals surface area (Å²) in [5.41, 5.74) is 3.22. The number of nitrogens with zero attached hydrogens (tertiary/aromatic N) is 2. The molecule has 0 radical (unpaired) electrons. The predicted molar refractivity (Wildman–Crippen MR) is 113 cm³/mol. The average Bonchev–Trinajstić information content (AvgIpc) is 3.20. The molecule has 3 aromatic rings. The fraction of sp³-hybridized carbons (Fsp3) is 0.174. The zero-order valence-corrected chi connectivity index (χ0v) is 17.3. The first-order valence-corrected chi connectivity index (χ1v) is 9.71. The van der Waals surface area contributed by atoms with E-state index in [1.165, 1.54) is 6.07 Å². The molecule has 0 spiro atoms. The second-order valence-electron chi connectivity index (χ2n) is 6.74. The Morgan fingerprint density at radius 3 is 2.81 bits per heavy atom. The third-order valence-electron chi connectivity index (χ3n) is 4.49. The van der Waals surface area contributed by atoms with Crippen LogP contribution in [-0.4, -0.2) is 22.6 Å². The molecule has 0 aliphatic heterocycles. The lowest BCUT2D eigenvalue weighted by atomic mass is 9.98. The summed E-state index contributed by atoms with van der Waals surface area (Å²) < 4.78 is 31.4. The maximum Gasteiger partial charge on any atom is 0.292 e. The van der Waals surface area contributed by atoms with Crippen LogP contribution in [-0.2, 0) is 6.42 Å². The van der Waals surface area contributed by atoms with Crippen LogP contribution in [0.2, 0.25) is 5.02 Å². The zero-order valence-electron chi connectivity index (χ0n) is 16.6. The van der Waals surface area contributed by atoms with Crippen molar-refractivity contribution in [3.05, 3.63) is 87.5 Å². The number of carbonyl (C=O) groups is 1. The van der Waals surface area contributed by atoms with Crippen LogP contribution in [0.25, 0.3) is 5.57 Å². The molecule has 2 aromatic carbocycles. The minimum atomic E-state index is -0.972. The number of hydrogen-bond donors (Lipinski definition) is 1. The predicted octanol–water partition coefficient (Wildman–Crippen LogP) is 4.74. The van der Waals surface area contributed by atoms with Gasteiger partial charge in [-0.2, -0.15) is 4.98 Å². The fourth-order valence-corrected chi connectivity index (χ4v) is 3.13. The van der Waals surface area contributed by atoms with Crippen molar-refractivity contribution in [1.82, 2.24) is 15.5 Å². The molecule has 5 nitrogen and oxygen atoms in total. The molecule has 0 aliphatic carbocycles. The van der Waals surface area contributed by atoms with E-state index in [4.69, 9.17) is 22.5 Å². The molecule has 1 heterocycles. The maximum atomic E-state index is 13.3. The lowest BCUT2D eigenvalue weighted by Crippen LogP contribution is -2.25. The van der Waals surface area contributed by atoms with Crippen LogP contribution in [0.3, 0.4) is 0 Å². The van der Waals surface area contributed by atoms with Gasteiger partial charge in [-0.3, -0.25) is 4.79 Å². The lowest BCUT2D eigenvalue weighted by Gasteiger charge is -2.11. The van der Waals surface area contributed by atoms with Gasteiger partial charge in [-0.15, -0.1) is 6.42 Å². The number of amides is 1. The van der Waals surface area contributed by atoms with Crippen LogP contribution >= 0.6 is 11.6 Å². The summed E-state index contributed by atoms with van der Waals surface area (Å²) in [7, 11) is 0. The standard InChI is InChI=1S/C23H18ClF2N3O2/c1-3-4-16(18-13-17(24)7-5-14(18)2)9-10-27-23(30)22-28-21(31-29-22)12-15-6-8-19(25)20(26)11-15/h1,4-8,11,13H,9-10,12H2,2H3,(H,27,30)/b16-4-. The number of rotatable bonds is 7. The number of allylic oxidation sites excluding steroid dienone is 1. The monoisotopic (exact) mass is 441 g/mol. The van der Waals surface area contributed by atoms with Gasteiger partial charge in [0.05, 0.1) is 6.42 Å². The number of aryl methyl sites for hydroxylation is 1. The molecule has 31 heavy (non-hydrogen) atoms. The van der Waals surface area contributed by atoms with Gasteiger partial charge >= 0.3 is 0 Å². The summed E-state index contributed by atoms with van der Waals surface area (Å²) in [4.78, 5) is 16.3. The van der Waals surface area contributed by atoms with Crippen molar-refractivity contribution in [2.24, 2.45) is 0 Å². The Balaban J connectivity index is 1.60. The molecule has 158 valence electrons. The van der Waals surface area contributed by atoms with Gasteiger partial charge < -0.3 is 9.84 Å². The van der Waals surface area contributed by atoms with Gasteiger partial charge in [0.2, 0.25) is 5.89 Å². The Morgan fingerprint density at radius 1 is 1.26 bits per heavy atom. The molecule has 1 amide bonds. The highest BCUT2D eigenvalue weighted by Crippen LogP contribution is 2.25. The molecule has 0 unspecified atom stereocenters. The number of halogens is 3. The van der Waals surface area contributed by atoms with Gasteiger partial charge in [-0.05, 0) is 65.9 Å². The first kappa shape index (κ1) is 22.2. The Labute approximate surface area is 183 Å². The largest absolute Gasteiger partial charge is 0.349 e. The van der Waals surface area contributed by atoms with Gasteiger partial charge in [-0.1, -0.05) is 34.8 Å². The van der Waals surface area contributed by atoms with Gasteiger partial charge in [0, 0.05) is 11.6 Å². The van der Waals surface area contributed by atoms with E-state index in [1.807, 2.05) is 19.1 Å². The molecule has 0 atom stereocenters. The van der Waals surface area contributed by atoms with Crippen LogP contribution in [0.15, 0.2) is 47.0 Å². The molecule has 0 bridgehead atoms. The third-order valence-corrected chi connectivity index (χ3v) is 4.73. The molecular weight excluding hydrogens is 424 g/mol. The molecule has 0 aliphatic rings. The Morgan fingerprint density at radius 2 is 2.06 bits per heavy atom. The number of carbonyl (C=O) groups excluding carboxylic acids is 1. The first-order chi connectivity index (χ1) is 14.9. The lowest BCUT2D eigenvalue weighted by molar-refractivity contribution is 0.0941. The van der Waals surface area contributed by atoms with E-state index in [-0.39, 0.29) is 24.7 Å². The number of nitrogens with one attached hydrogen (secondary N) is 1. The Kier molecular flexibility index (Phi) is 7.16. The topological polar surface area (TPSA) is 68.0 Å². The summed E-state index contributed by atoms with van der Waals surface area (Å²) in [6.45, 7) is 2.23. The number of hydrogen-bond acceptors (Lipinski definition) is 4. The SMILES string of the molecule is C#C/C=C(/CCNC(=O)c1noc(Cc2ccc(F)c(F)c2)n1)c1cc(Cl)ccc1C. The summed E-state index contributed by atoms with van der Waals surface area (Å²) in [6.07, 6.45) is 7.61. The maximum absolute atomic E-state index is 13.3. The second kappa shape index (κ2) is 10.0. The van der Waals surface area contributed by atoms with E-state index in [2.05, 4.69) is 21.4 Å². The number of aromatic nitrogens is 2. The van der Waals surface area contributed by atoms with Gasteiger partial charge in [0.1, 0.15) is 0 Å². The number of benzene rings is 2. The molecule has 0 saturated carbocycles. The highest BCUT2D eigenvalue weighted by atomic mass is 35.5. The van der Waals surface area contributed by atoms with E-state index in [0.717, 1.165) is 28.8 Å². The molecule has 1 aromatic heterocycles. The van der Waals surface area contributed by atoms with Crippen LogP contribution in [0, 0.1) is 30.9 Å². The highest BCUT2D eigenvalue weighted by Gasteiger charge is 2.16. The average molecular weight is 442 g/mol. The van der Waals surface area contributed by atoms with Crippen molar-refractivity contribution in [3.63, 3.8) is 0 Å². The molecule has 8 heteroatoms. The molecule has 3 rings (SSSR count). The smallest absolute Gasteiger partial charge is 0.292 e. The zero-order chi connectivity index (χ0) is 22.4. The van der Waals surface area contributed by atoms with Crippen LogP contribution in [0.1, 0.15) is 39.6 Å². The molecular formula is C23H18ClF2N3O2. The number of terminal acetylenes is 1. The summed E-state index contributed by atoms with van der Waals surface area (Å²) in [6, 6.07) is 8.97. The van der Waals surface area contributed by atoms with Crippen molar-refractivity contribution in [3.8, 4) is 12.3 Å². The van der Waals surface area contributed by atoms with E-state index < -0.39 is 17.5 Å². The molecule has 0 fully saturated rings.